The van der Waals surface area contributed by atoms with Crippen LogP contribution >= 0.6 is 11.6 Å². The summed E-state index contributed by atoms with van der Waals surface area (Å²) in [5, 5.41) is 24.7. The van der Waals surface area contributed by atoms with Crippen LogP contribution in [-0.4, -0.2) is 58.9 Å². The lowest BCUT2D eigenvalue weighted by Crippen LogP contribution is -2.54. The molecular formula is C33H40ClFN6O2. The van der Waals surface area contributed by atoms with E-state index in [1.165, 1.54) is 12.1 Å². The average Bonchev–Trinajstić information content (AvgIpc) is 3.55. The largest absolute Gasteiger partial charge is 0.393 e. The maximum Gasteiger partial charge on any atom is 0.227 e. The summed E-state index contributed by atoms with van der Waals surface area (Å²) in [4.78, 5) is 15.8. The van der Waals surface area contributed by atoms with Crippen molar-refractivity contribution in [1.82, 2.24) is 29.7 Å². The predicted molar refractivity (Wildman–Crippen MR) is 165 cm³/mol. The molecule has 0 aliphatic carbocycles. The molecule has 0 bridgehead atoms. The number of rotatable bonds is 9. The zero-order valence-corrected chi connectivity index (χ0v) is 26.3. The first-order chi connectivity index (χ1) is 20.4. The van der Waals surface area contributed by atoms with Crippen molar-refractivity contribution in [2.75, 3.05) is 6.54 Å². The van der Waals surface area contributed by atoms with Gasteiger partial charge in [-0.25, -0.2) is 13.8 Å². The minimum atomic E-state index is -0.557. The predicted octanol–water partition coefficient (Wildman–Crippen LogP) is 5.90. The third kappa shape index (κ3) is 6.99. The molecule has 228 valence electrons. The molecule has 1 N–H and O–H groups in total. The number of nitrogens with zero attached hydrogens (tertiary/aromatic N) is 6. The van der Waals surface area contributed by atoms with Crippen molar-refractivity contribution in [2.45, 2.75) is 90.8 Å². The highest BCUT2D eigenvalue weighted by atomic mass is 35.5. The van der Waals surface area contributed by atoms with Crippen LogP contribution < -0.4 is 0 Å². The fourth-order valence-corrected chi connectivity index (χ4v) is 6.09. The molecule has 2 aromatic heterocycles. The molecule has 2 unspecified atom stereocenters. The molecule has 1 aliphatic heterocycles. The Morgan fingerprint density at radius 1 is 1.16 bits per heavy atom. The Hall–Kier alpha value is -3.56. The molecule has 1 aliphatic rings. The second-order valence-corrected chi connectivity index (χ2v) is 12.8. The Morgan fingerprint density at radius 3 is 2.63 bits per heavy atom. The quantitative estimate of drug-likeness (QED) is 0.256. The van der Waals surface area contributed by atoms with Crippen molar-refractivity contribution in [3.05, 3.63) is 93.3 Å². The summed E-state index contributed by atoms with van der Waals surface area (Å²) in [6, 6.07) is 12.1. The van der Waals surface area contributed by atoms with Gasteiger partial charge in [0.2, 0.25) is 5.91 Å². The Kier molecular flexibility index (Phi) is 9.04. The number of benzene rings is 2. The van der Waals surface area contributed by atoms with Gasteiger partial charge in [-0.3, -0.25) is 4.79 Å². The van der Waals surface area contributed by atoms with Gasteiger partial charge in [0.05, 0.1) is 35.6 Å². The first-order valence-electron chi connectivity index (χ1n) is 14.9. The summed E-state index contributed by atoms with van der Waals surface area (Å²) >= 11 is 6.38. The van der Waals surface area contributed by atoms with E-state index in [9.17, 15) is 14.3 Å². The van der Waals surface area contributed by atoms with E-state index < -0.39 is 6.10 Å². The van der Waals surface area contributed by atoms with Crippen molar-refractivity contribution in [1.29, 1.82) is 0 Å². The molecule has 2 atom stereocenters. The molecule has 8 nitrogen and oxygen atoms in total. The number of aliphatic hydroxyl groups excluding tert-OH is 1. The van der Waals surface area contributed by atoms with E-state index in [4.69, 9.17) is 16.7 Å². The Balaban J connectivity index is 1.23. The number of piperidine rings is 1. The number of likely N-dealkylation sites (tertiary alicyclic amines) is 1. The van der Waals surface area contributed by atoms with Gasteiger partial charge in [0.25, 0.3) is 0 Å². The van der Waals surface area contributed by atoms with Crippen LogP contribution in [0.25, 0.3) is 5.69 Å². The molecule has 0 radical (unpaired) electrons. The smallest absolute Gasteiger partial charge is 0.227 e. The maximum absolute atomic E-state index is 13.8. The normalized spacial score (nSPS) is 17.3. The second kappa shape index (κ2) is 12.6. The van der Waals surface area contributed by atoms with Gasteiger partial charge in [0.1, 0.15) is 5.82 Å². The van der Waals surface area contributed by atoms with E-state index in [0.29, 0.717) is 30.8 Å². The van der Waals surface area contributed by atoms with Crippen LogP contribution in [0.4, 0.5) is 4.39 Å². The summed E-state index contributed by atoms with van der Waals surface area (Å²) in [6.45, 7) is 10.7. The van der Waals surface area contributed by atoms with Crippen molar-refractivity contribution < 1.29 is 14.3 Å². The maximum atomic E-state index is 13.8. The molecule has 43 heavy (non-hydrogen) atoms. The molecule has 4 aromatic rings. The summed E-state index contributed by atoms with van der Waals surface area (Å²) in [5.41, 5.74) is 5.98. The first-order valence-corrected chi connectivity index (χ1v) is 15.2. The van der Waals surface area contributed by atoms with Crippen LogP contribution in [0.3, 0.4) is 0 Å². The minimum Gasteiger partial charge on any atom is -0.393 e. The number of carbonyl (C=O) groups excluding carboxylic acids is 1. The zero-order chi connectivity index (χ0) is 30.9. The molecule has 10 heteroatoms. The number of carbonyl (C=O) groups is 1. The van der Waals surface area contributed by atoms with Gasteiger partial charge in [-0.15, -0.1) is 5.10 Å². The third-order valence-corrected chi connectivity index (χ3v) is 9.14. The number of halogens is 2. The summed E-state index contributed by atoms with van der Waals surface area (Å²) in [7, 11) is 0. The molecule has 2 aromatic carbocycles. The van der Waals surface area contributed by atoms with Crippen molar-refractivity contribution in [3.8, 4) is 5.69 Å². The summed E-state index contributed by atoms with van der Waals surface area (Å²) < 4.78 is 16.9. The topological polar surface area (TPSA) is 89.1 Å². The highest BCUT2D eigenvalue weighted by Crippen LogP contribution is 2.34. The van der Waals surface area contributed by atoms with Gasteiger partial charge < -0.3 is 10.0 Å². The van der Waals surface area contributed by atoms with Gasteiger partial charge >= 0.3 is 0 Å². The van der Waals surface area contributed by atoms with Crippen LogP contribution in [0, 0.1) is 26.6 Å². The molecule has 5 rings (SSSR count). The lowest BCUT2D eigenvalue weighted by molar-refractivity contribution is -0.139. The Morgan fingerprint density at radius 2 is 1.91 bits per heavy atom. The van der Waals surface area contributed by atoms with E-state index in [0.717, 1.165) is 52.3 Å². The number of aromatic nitrogens is 5. The highest BCUT2D eigenvalue weighted by Gasteiger charge is 2.38. The summed E-state index contributed by atoms with van der Waals surface area (Å²) in [5.74, 6) is -0.224. The van der Waals surface area contributed by atoms with Crippen LogP contribution in [-0.2, 0) is 24.1 Å². The average molecular weight is 607 g/mol. The van der Waals surface area contributed by atoms with Gasteiger partial charge in [-0.2, -0.15) is 5.10 Å². The van der Waals surface area contributed by atoms with E-state index in [-0.39, 0.29) is 29.7 Å². The lowest BCUT2D eigenvalue weighted by atomic mass is 9.87. The number of hydrogen-bond acceptors (Lipinski definition) is 5. The SMILES string of the molecule is Cc1ccc(-n2nc(C)c(CC(=O)N3CC(n4cc(CCC(O)Cc5ccc(F)cc5)nn4)CCC3(C)C)c2C)cc1Cl. The van der Waals surface area contributed by atoms with Crippen molar-refractivity contribution in [3.63, 3.8) is 0 Å². The van der Waals surface area contributed by atoms with Crippen molar-refractivity contribution in [2.24, 2.45) is 0 Å². The van der Waals surface area contributed by atoms with Gasteiger partial charge in [-0.1, -0.05) is 35.0 Å². The second-order valence-electron chi connectivity index (χ2n) is 12.4. The standard InChI is InChI=1S/C33H40ClFN6O2/c1-21-6-12-27(17-31(21)34)41-23(3)30(22(2)37-41)18-32(43)39-20-28(14-15-33(39,4)5)40-19-26(36-38-40)11-13-29(42)16-24-7-9-25(35)10-8-24/h6-10,12,17,19,28-29,42H,11,13-16,18,20H2,1-5H3. The van der Waals surface area contributed by atoms with E-state index in [2.05, 4.69) is 24.2 Å². The molecule has 3 heterocycles. The van der Waals surface area contributed by atoms with Crippen LogP contribution in [0.15, 0.2) is 48.7 Å². The number of aliphatic hydroxyl groups is 1. The van der Waals surface area contributed by atoms with Crippen LogP contribution in [0.5, 0.6) is 0 Å². The van der Waals surface area contributed by atoms with E-state index >= 15 is 0 Å². The van der Waals surface area contributed by atoms with Crippen LogP contribution in [0.1, 0.15) is 72.9 Å². The number of hydrogen-bond donors (Lipinski definition) is 1. The Bertz CT molecular complexity index is 1600. The first kappa shape index (κ1) is 30.9. The number of amides is 1. The number of aryl methyl sites for hydroxylation is 3. The zero-order valence-electron chi connectivity index (χ0n) is 25.5. The molecular weight excluding hydrogens is 567 g/mol. The molecule has 0 spiro atoms. The molecule has 1 fully saturated rings. The molecule has 1 saturated heterocycles. The molecule has 0 saturated carbocycles. The molecule has 1 amide bonds. The fourth-order valence-electron chi connectivity index (χ4n) is 5.92. The third-order valence-electron chi connectivity index (χ3n) is 8.73. The van der Waals surface area contributed by atoms with Crippen LogP contribution in [0.2, 0.25) is 5.02 Å². The van der Waals surface area contributed by atoms with Gasteiger partial charge in [0, 0.05) is 34.6 Å². The van der Waals surface area contributed by atoms with Gasteiger partial charge in [-0.05, 0) is 102 Å². The van der Waals surface area contributed by atoms with E-state index in [1.54, 1.807) is 12.1 Å². The minimum absolute atomic E-state index is 0.0157. The van der Waals surface area contributed by atoms with E-state index in [1.807, 2.05) is 59.4 Å². The van der Waals surface area contributed by atoms with Gasteiger partial charge in [0.15, 0.2) is 0 Å². The lowest BCUT2D eigenvalue weighted by Gasteiger charge is -2.45. The Labute approximate surface area is 257 Å². The highest BCUT2D eigenvalue weighted by molar-refractivity contribution is 6.31. The summed E-state index contributed by atoms with van der Waals surface area (Å²) in [6.07, 6.45) is 4.93. The fraction of sp³-hybridized carbons (Fsp3) is 0.455. The van der Waals surface area contributed by atoms with Crippen molar-refractivity contribution >= 4 is 17.5 Å². The monoisotopic (exact) mass is 606 g/mol.